The highest BCUT2D eigenvalue weighted by molar-refractivity contribution is 7.84. The Kier molecular flexibility index (Phi) is 5.45. The summed E-state index contributed by atoms with van der Waals surface area (Å²) in [5.74, 6) is 0.522. The molecule has 0 fully saturated rings. The van der Waals surface area contributed by atoms with Gasteiger partial charge in [0, 0.05) is 6.54 Å². The van der Waals surface area contributed by atoms with Crippen molar-refractivity contribution in [2.45, 2.75) is 13.3 Å². The first kappa shape index (κ1) is 9.79. The van der Waals surface area contributed by atoms with Crippen LogP contribution in [-0.2, 0) is 0 Å². The van der Waals surface area contributed by atoms with E-state index >= 15 is 0 Å². The monoisotopic (exact) mass is 157 g/mol. The van der Waals surface area contributed by atoms with Gasteiger partial charge in [-0.05, 0) is 17.2 Å². The Bertz CT molecular complexity index is 129. The van der Waals surface area contributed by atoms with Crippen LogP contribution in [0.1, 0.15) is 13.3 Å². The van der Waals surface area contributed by atoms with Crippen LogP contribution >= 0.6 is 12.6 Å². The van der Waals surface area contributed by atoms with Crippen molar-refractivity contribution in [3.05, 3.63) is 23.6 Å². The molecule has 2 heteroatoms. The lowest BCUT2D eigenvalue weighted by atomic mass is 10.1. The molecule has 0 amide bonds. The van der Waals surface area contributed by atoms with Crippen LogP contribution in [0.4, 0.5) is 0 Å². The van der Waals surface area contributed by atoms with Gasteiger partial charge in [-0.25, -0.2) is 0 Å². The Morgan fingerprint density at radius 1 is 1.80 bits per heavy atom. The molecule has 0 aromatic heterocycles. The molecular weight excluding hydrogens is 142 g/mol. The molecular formula is C8H15NS. The lowest BCUT2D eigenvalue weighted by Crippen LogP contribution is -1.98. The zero-order valence-corrected chi connectivity index (χ0v) is 7.27. The summed E-state index contributed by atoms with van der Waals surface area (Å²) in [6.07, 6.45) is 4.95. The van der Waals surface area contributed by atoms with E-state index in [-0.39, 0.29) is 0 Å². The van der Waals surface area contributed by atoms with Gasteiger partial charge in [0.15, 0.2) is 0 Å². The quantitative estimate of drug-likeness (QED) is 0.473. The molecule has 1 atom stereocenters. The third-order valence-electron chi connectivity index (χ3n) is 1.34. The Morgan fingerprint density at radius 2 is 2.40 bits per heavy atom. The molecule has 0 saturated carbocycles. The second-order valence-corrected chi connectivity index (χ2v) is 2.92. The predicted octanol–water partition coefficient (Wildman–Crippen LogP) is 1.97. The van der Waals surface area contributed by atoms with Gasteiger partial charge in [-0.3, -0.25) is 0 Å². The predicted molar refractivity (Wildman–Crippen MR) is 50.1 cm³/mol. The number of allylic oxidation sites excluding steroid dienone is 2. The summed E-state index contributed by atoms with van der Waals surface area (Å²) >= 11 is 4.15. The summed E-state index contributed by atoms with van der Waals surface area (Å²) in [6.45, 7) is 6.33. The molecule has 1 nitrogen and oxygen atoms in total. The smallest absolute Gasteiger partial charge is 0.0233 e. The first-order valence-corrected chi connectivity index (χ1v) is 3.86. The van der Waals surface area contributed by atoms with Gasteiger partial charge >= 0.3 is 0 Å². The highest BCUT2D eigenvalue weighted by Crippen LogP contribution is 2.07. The Labute approximate surface area is 68.4 Å². The summed E-state index contributed by atoms with van der Waals surface area (Å²) < 4.78 is 0. The van der Waals surface area contributed by atoms with Crippen molar-refractivity contribution in [3.63, 3.8) is 0 Å². The standard InChI is InChI=1S/C8H15NS/c1-3-7(2)4-5-8(10)6-9/h3,5,7,10H,1,4,6,9H2,2H3/b8-5+. The minimum Gasteiger partial charge on any atom is -0.326 e. The molecule has 0 saturated heterocycles. The molecule has 0 aliphatic heterocycles. The second-order valence-electron chi connectivity index (χ2n) is 2.35. The van der Waals surface area contributed by atoms with Crippen LogP contribution in [-0.4, -0.2) is 6.54 Å². The van der Waals surface area contributed by atoms with E-state index in [9.17, 15) is 0 Å². The fourth-order valence-corrected chi connectivity index (χ4v) is 0.607. The molecule has 0 aromatic carbocycles. The Hall–Kier alpha value is -0.210. The van der Waals surface area contributed by atoms with Crippen molar-refractivity contribution in [1.82, 2.24) is 0 Å². The summed E-state index contributed by atoms with van der Waals surface area (Å²) in [5.41, 5.74) is 5.33. The zero-order valence-electron chi connectivity index (χ0n) is 6.38. The molecule has 0 spiro atoms. The highest BCUT2D eigenvalue weighted by atomic mass is 32.1. The molecule has 0 bridgehead atoms. The maximum Gasteiger partial charge on any atom is 0.0233 e. The van der Waals surface area contributed by atoms with Crippen molar-refractivity contribution < 1.29 is 0 Å². The second kappa shape index (κ2) is 5.57. The molecule has 0 aliphatic rings. The Morgan fingerprint density at radius 3 is 2.80 bits per heavy atom. The normalized spacial score (nSPS) is 14.9. The van der Waals surface area contributed by atoms with Crippen LogP contribution in [0.15, 0.2) is 23.6 Å². The average molecular weight is 157 g/mol. The van der Waals surface area contributed by atoms with Crippen LogP contribution in [0.25, 0.3) is 0 Å². The topological polar surface area (TPSA) is 26.0 Å². The maximum atomic E-state index is 5.33. The average Bonchev–Trinajstić information content (AvgIpc) is 1.99. The molecule has 0 radical (unpaired) electrons. The molecule has 0 rings (SSSR count). The first-order valence-electron chi connectivity index (χ1n) is 3.41. The van der Waals surface area contributed by atoms with Gasteiger partial charge in [0.1, 0.15) is 0 Å². The maximum absolute atomic E-state index is 5.33. The van der Waals surface area contributed by atoms with Crippen molar-refractivity contribution in [1.29, 1.82) is 0 Å². The number of nitrogens with two attached hydrogens (primary N) is 1. The van der Waals surface area contributed by atoms with Crippen molar-refractivity contribution in [2.75, 3.05) is 6.54 Å². The van der Waals surface area contributed by atoms with Crippen LogP contribution in [0, 0.1) is 5.92 Å². The van der Waals surface area contributed by atoms with E-state index in [1.165, 1.54) is 0 Å². The molecule has 58 valence electrons. The SMILES string of the molecule is C=CC(C)C/C=C(/S)CN. The van der Waals surface area contributed by atoms with Crippen molar-refractivity contribution in [3.8, 4) is 0 Å². The lowest BCUT2D eigenvalue weighted by molar-refractivity contribution is 0.744. The number of hydrogen-bond acceptors (Lipinski definition) is 2. The third kappa shape index (κ3) is 4.65. The Balaban J connectivity index is 3.60. The van der Waals surface area contributed by atoms with E-state index in [0.29, 0.717) is 12.5 Å². The van der Waals surface area contributed by atoms with E-state index in [0.717, 1.165) is 11.3 Å². The minimum absolute atomic E-state index is 0.522. The lowest BCUT2D eigenvalue weighted by Gasteiger charge is -2.00. The van der Waals surface area contributed by atoms with Gasteiger partial charge in [-0.15, -0.1) is 19.2 Å². The van der Waals surface area contributed by atoms with E-state index < -0.39 is 0 Å². The zero-order chi connectivity index (χ0) is 7.98. The molecule has 2 N–H and O–H groups in total. The van der Waals surface area contributed by atoms with E-state index in [1.807, 2.05) is 12.2 Å². The minimum atomic E-state index is 0.522. The number of rotatable bonds is 4. The van der Waals surface area contributed by atoms with Crippen LogP contribution in [0.3, 0.4) is 0 Å². The molecule has 1 unspecified atom stereocenters. The summed E-state index contributed by atoms with van der Waals surface area (Å²) in [4.78, 5) is 0.953. The van der Waals surface area contributed by atoms with Gasteiger partial charge < -0.3 is 5.73 Å². The van der Waals surface area contributed by atoms with Gasteiger partial charge in [0.2, 0.25) is 0 Å². The summed E-state index contributed by atoms with van der Waals surface area (Å²) in [7, 11) is 0. The number of hydrogen-bond donors (Lipinski definition) is 2. The van der Waals surface area contributed by atoms with Gasteiger partial charge in [0.25, 0.3) is 0 Å². The van der Waals surface area contributed by atoms with Gasteiger partial charge in [0.05, 0.1) is 0 Å². The molecule has 0 aromatic rings. The van der Waals surface area contributed by atoms with E-state index in [4.69, 9.17) is 5.73 Å². The fraction of sp³-hybridized carbons (Fsp3) is 0.500. The van der Waals surface area contributed by atoms with Crippen LogP contribution < -0.4 is 5.73 Å². The molecule has 10 heavy (non-hydrogen) atoms. The highest BCUT2D eigenvalue weighted by Gasteiger charge is 1.92. The molecule has 0 heterocycles. The van der Waals surface area contributed by atoms with E-state index in [2.05, 4.69) is 26.1 Å². The first-order chi connectivity index (χ1) is 4.70. The van der Waals surface area contributed by atoms with Crippen LogP contribution in [0.5, 0.6) is 0 Å². The summed E-state index contributed by atoms with van der Waals surface area (Å²) in [5, 5.41) is 0. The van der Waals surface area contributed by atoms with Crippen LogP contribution in [0.2, 0.25) is 0 Å². The summed E-state index contributed by atoms with van der Waals surface area (Å²) in [6, 6.07) is 0. The third-order valence-corrected chi connectivity index (χ3v) is 1.70. The number of thiol groups is 1. The van der Waals surface area contributed by atoms with Gasteiger partial charge in [-0.2, -0.15) is 0 Å². The molecule has 0 aliphatic carbocycles. The largest absolute Gasteiger partial charge is 0.326 e. The van der Waals surface area contributed by atoms with Crippen molar-refractivity contribution in [2.24, 2.45) is 11.7 Å². The fourth-order valence-electron chi connectivity index (χ4n) is 0.501. The van der Waals surface area contributed by atoms with E-state index in [1.54, 1.807) is 0 Å². The van der Waals surface area contributed by atoms with Crippen molar-refractivity contribution >= 4 is 12.6 Å². The van der Waals surface area contributed by atoms with Gasteiger partial charge in [-0.1, -0.05) is 19.1 Å².